The van der Waals surface area contributed by atoms with Gasteiger partial charge in [0.25, 0.3) is 5.69 Å². The van der Waals surface area contributed by atoms with Crippen LogP contribution in [-0.4, -0.2) is 42.5 Å². The highest BCUT2D eigenvalue weighted by Gasteiger charge is 2.43. The van der Waals surface area contributed by atoms with Crippen molar-refractivity contribution in [2.24, 2.45) is 5.92 Å². The number of benzene rings is 2. The molecular weight excluding hydrogens is 387 g/mol. The fourth-order valence-corrected chi connectivity index (χ4v) is 4.69. The van der Waals surface area contributed by atoms with E-state index >= 15 is 0 Å². The molecule has 3 aliphatic rings. The van der Waals surface area contributed by atoms with Crippen molar-refractivity contribution in [3.8, 4) is 0 Å². The van der Waals surface area contributed by atoms with E-state index in [1.54, 1.807) is 24.3 Å². The maximum atomic E-state index is 14.4. The van der Waals surface area contributed by atoms with E-state index < -0.39 is 4.92 Å². The van der Waals surface area contributed by atoms with Crippen LogP contribution in [0, 0.1) is 21.8 Å². The van der Waals surface area contributed by atoms with Crippen LogP contribution in [-0.2, 0) is 11.2 Å². The fraction of sp³-hybridized carbons (Fsp3) is 0.409. The number of nitro benzene ring substituents is 1. The van der Waals surface area contributed by atoms with Gasteiger partial charge in [-0.15, -0.1) is 0 Å². The van der Waals surface area contributed by atoms with Crippen molar-refractivity contribution in [3.05, 3.63) is 64.0 Å². The number of nitro groups is 1. The number of rotatable bonds is 4. The van der Waals surface area contributed by atoms with E-state index in [0.717, 1.165) is 24.1 Å². The smallest absolute Gasteiger partial charge is 0.269 e. The Bertz CT molecular complexity index is 1010. The molecule has 7 nitrogen and oxygen atoms in total. The lowest BCUT2D eigenvalue weighted by Gasteiger charge is -2.49. The van der Waals surface area contributed by atoms with Crippen molar-refractivity contribution in [2.75, 3.05) is 29.4 Å². The standard InChI is InChI=1S/C22H23FN4O3/c23-18-3-1-2-4-20(18)25-9-10-26-19-8-7-16(27(29)30)11-14(19)12-17(21(26)13-25)22(28)24-15-5-6-15/h1-4,7-8,11,15,17,21H,5-6,9-10,12-13H2,(H,24,28)/t17-,21+/m0/s1. The molecule has 0 unspecified atom stereocenters. The predicted molar refractivity (Wildman–Crippen MR) is 111 cm³/mol. The zero-order valence-corrected chi connectivity index (χ0v) is 16.5. The molecule has 2 aromatic carbocycles. The molecule has 1 saturated heterocycles. The summed E-state index contributed by atoms with van der Waals surface area (Å²) in [5.74, 6) is -0.619. The Kier molecular flexibility index (Phi) is 4.56. The SMILES string of the molecule is O=C(NC1CC1)[C@H]1Cc2cc([N+](=O)[O-])ccc2N2CCN(c3ccccc3F)C[C@H]12. The number of hydrogen-bond acceptors (Lipinski definition) is 5. The van der Waals surface area contributed by atoms with Crippen LogP contribution in [0.5, 0.6) is 0 Å². The van der Waals surface area contributed by atoms with Crippen LogP contribution in [0.3, 0.4) is 0 Å². The first kappa shape index (κ1) is 18.8. The lowest BCUT2D eigenvalue weighted by atomic mass is 9.83. The largest absolute Gasteiger partial charge is 0.365 e. The highest BCUT2D eigenvalue weighted by atomic mass is 19.1. The van der Waals surface area contributed by atoms with Gasteiger partial charge in [-0.25, -0.2) is 4.39 Å². The Balaban J connectivity index is 1.49. The second-order valence-corrected chi connectivity index (χ2v) is 8.32. The lowest BCUT2D eigenvalue weighted by Crippen LogP contribution is -2.61. The third-order valence-corrected chi connectivity index (χ3v) is 6.36. The van der Waals surface area contributed by atoms with Gasteiger partial charge in [-0.05, 0) is 43.0 Å². The fourth-order valence-electron chi connectivity index (χ4n) is 4.69. The second-order valence-electron chi connectivity index (χ2n) is 8.32. The molecule has 0 bridgehead atoms. The van der Waals surface area contributed by atoms with Crippen molar-refractivity contribution in [1.82, 2.24) is 5.32 Å². The minimum absolute atomic E-state index is 0.0139. The van der Waals surface area contributed by atoms with Gasteiger partial charge in [0.15, 0.2) is 0 Å². The van der Waals surface area contributed by atoms with Crippen molar-refractivity contribution < 1.29 is 14.1 Å². The third kappa shape index (κ3) is 3.36. The Morgan fingerprint density at radius 1 is 1.13 bits per heavy atom. The number of piperazine rings is 1. The van der Waals surface area contributed by atoms with Crippen LogP contribution in [0.25, 0.3) is 0 Å². The van der Waals surface area contributed by atoms with E-state index in [1.165, 1.54) is 12.1 Å². The average molecular weight is 410 g/mol. The summed E-state index contributed by atoms with van der Waals surface area (Å²) in [6.45, 7) is 1.77. The minimum atomic E-state index is -0.401. The molecule has 1 amide bonds. The quantitative estimate of drug-likeness (QED) is 0.619. The number of non-ortho nitro benzene ring substituents is 1. The maximum Gasteiger partial charge on any atom is 0.269 e. The number of fused-ring (bicyclic) bond motifs is 3. The summed E-state index contributed by atoms with van der Waals surface area (Å²) in [5, 5.41) is 14.3. The molecule has 0 spiro atoms. The molecule has 0 aromatic heterocycles. The molecule has 30 heavy (non-hydrogen) atoms. The summed E-state index contributed by atoms with van der Waals surface area (Å²) >= 11 is 0. The summed E-state index contributed by atoms with van der Waals surface area (Å²) < 4.78 is 14.4. The van der Waals surface area contributed by atoms with Crippen LogP contribution in [0.2, 0.25) is 0 Å². The highest BCUT2D eigenvalue weighted by Crippen LogP contribution is 2.39. The van der Waals surface area contributed by atoms with Crippen LogP contribution in [0.15, 0.2) is 42.5 Å². The molecule has 0 radical (unpaired) electrons. The van der Waals surface area contributed by atoms with E-state index in [0.29, 0.717) is 31.7 Å². The molecule has 2 atom stereocenters. The topological polar surface area (TPSA) is 78.7 Å². The van der Waals surface area contributed by atoms with Crippen LogP contribution >= 0.6 is 0 Å². The van der Waals surface area contributed by atoms with Gasteiger partial charge in [0.05, 0.1) is 22.6 Å². The molecule has 1 N–H and O–H groups in total. The van der Waals surface area contributed by atoms with Crippen molar-refractivity contribution in [2.45, 2.75) is 31.3 Å². The second kappa shape index (κ2) is 7.27. The molecular formula is C22H23FN4O3. The van der Waals surface area contributed by atoms with E-state index in [1.807, 2.05) is 11.0 Å². The number of para-hydroxylation sites is 1. The Labute approximate surface area is 173 Å². The summed E-state index contributed by atoms with van der Waals surface area (Å²) in [5.41, 5.74) is 2.36. The van der Waals surface area contributed by atoms with Gasteiger partial charge in [-0.3, -0.25) is 14.9 Å². The number of anilines is 2. The number of carbonyl (C=O) groups is 1. The molecule has 1 saturated carbocycles. The maximum absolute atomic E-state index is 14.4. The first-order valence-electron chi connectivity index (χ1n) is 10.3. The molecule has 5 rings (SSSR count). The molecule has 2 aliphatic heterocycles. The normalized spacial score (nSPS) is 22.8. The van der Waals surface area contributed by atoms with E-state index in [4.69, 9.17) is 0 Å². The molecule has 156 valence electrons. The van der Waals surface area contributed by atoms with Gasteiger partial charge in [0.1, 0.15) is 5.82 Å². The van der Waals surface area contributed by atoms with Gasteiger partial charge >= 0.3 is 0 Å². The van der Waals surface area contributed by atoms with Crippen LogP contribution in [0.1, 0.15) is 18.4 Å². The lowest BCUT2D eigenvalue weighted by molar-refractivity contribution is -0.384. The van der Waals surface area contributed by atoms with Crippen LogP contribution < -0.4 is 15.1 Å². The average Bonchev–Trinajstić information content (AvgIpc) is 3.56. The van der Waals surface area contributed by atoms with Crippen LogP contribution in [0.4, 0.5) is 21.5 Å². The number of halogens is 1. The Hall–Kier alpha value is -3.16. The minimum Gasteiger partial charge on any atom is -0.365 e. The van der Waals surface area contributed by atoms with E-state index in [9.17, 15) is 19.3 Å². The first-order chi connectivity index (χ1) is 14.5. The predicted octanol–water partition coefficient (Wildman–Crippen LogP) is 2.88. The van der Waals surface area contributed by atoms with E-state index in [-0.39, 0.29) is 35.4 Å². The Morgan fingerprint density at radius 2 is 1.93 bits per heavy atom. The first-order valence-corrected chi connectivity index (χ1v) is 10.3. The zero-order chi connectivity index (χ0) is 20.8. The number of hydrogen-bond donors (Lipinski definition) is 1. The van der Waals surface area contributed by atoms with Gasteiger partial charge in [-0.2, -0.15) is 0 Å². The van der Waals surface area contributed by atoms with Gasteiger partial charge in [0, 0.05) is 43.5 Å². The molecule has 2 fully saturated rings. The number of nitrogens with one attached hydrogen (secondary N) is 1. The van der Waals surface area contributed by atoms with E-state index in [2.05, 4.69) is 10.2 Å². The molecule has 8 heteroatoms. The molecule has 2 aromatic rings. The summed E-state index contributed by atoms with van der Waals surface area (Å²) in [6, 6.07) is 11.7. The number of carbonyl (C=O) groups excluding carboxylic acids is 1. The summed E-state index contributed by atoms with van der Waals surface area (Å²) in [6.07, 6.45) is 2.44. The Morgan fingerprint density at radius 3 is 2.67 bits per heavy atom. The van der Waals surface area contributed by atoms with Gasteiger partial charge in [0.2, 0.25) is 5.91 Å². The third-order valence-electron chi connectivity index (χ3n) is 6.36. The monoisotopic (exact) mass is 410 g/mol. The number of nitrogens with zero attached hydrogens (tertiary/aromatic N) is 3. The van der Waals surface area contributed by atoms with Crippen molar-refractivity contribution in [1.29, 1.82) is 0 Å². The zero-order valence-electron chi connectivity index (χ0n) is 16.5. The van der Waals surface area contributed by atoms with Crippen molar-refractivity contribution >= 4 is 23.0 Å². The molecule has 1 aliphatic carbocycles. The number of amides is 1. The molecule has 2 heterocycles. The van der Waals surface area contributed by atoms with Gasteiger partial charge in [-0.1, -0.05) is 12.1 Å². The highest BCUT2D eigenvalue weighted by molar-refractivity contribution is 5.83. The summed E-state index contributed by atoms with van der Waals surface area (Å²) in [4.78, 5) is 28.1. The van der Waals surface area contributed by atoms with Crippen molar-refractivity contribution in [3.63, 3.8) is 0 Å². The summed E-state index contributed by atoms with van der Waals surface area (Å²) in [7, 11) is 0. The van der Waals surface area contributed by atoms with Gasteiger partial charge < -0.3 is 15.1 Å².